The monoisotopic (exact) mass is 587 g/mol. The first kappa shape index (κ1) is 27.9. The van der Waals surface area contributed by atoms with Crippen molar-refractivity contribution in [2.75, 3.05) is 12.4 Å². The van der Waals surface area contributed by atoms with Crippen LogP contribution in [0.2, 0.25) is 0 Å². The fourth-order valence-electron chi connectivity index (χ4n) is 5.01. The summed E-state index contributed by atoms with van der Waals surface area (Å²) in [5.41, 5.74) is 4.08. The average molecular weight is 588 g/mol. The maximum absolute atomic E-state index is 14.0. The summed E-state index contributed by atoms with van der Waals surface area (Å²) in [5.74, 6) is 1.05. The van der Waals surface area contributed by atoms with Gasteiger partial charge < -0.3 is 14.8 Å². The van der Waals surface area contributed by atoms with Crippen LogP contribution in [-0.4, -0.2) is 17.6 Å². The lowest BCUT2D eigenvalue weighted by Gasteiger charge is -2.25. The van der Waals surface area contributed by atoms with Gasteiger partial charge in [0, 0.05) is 5.69 Å². The quantitative estimate of drug-likeness (QED) is 0.261. The van der Waals surface area contributed by atoms with Crippen LogP contribution in [0.1, 0.15) is 29.7 Å². The van der Waals surface area contributed by atoms with Crippen molar-refractivity contribution in [3.8, 4) is 11.5 Å². The highest BCUT2D eigenvalue weighted by atomic mass is 32.1. The van der Waals surface area contributed by atoms with Crippen LogP contribution < -0.4 is 29.7 Å². The number of hydrogen-bond donors (Lipinski definition) is 1. The number of rotatable bonds is 8. The number of hydrogen-bond acceptors (Lipinski definition) is 6. The van der Waals surface area contributed by atoms with E-state index in [1.54, 1.807) is 18.6 Å². The molecule has 0 saturated carbocycles. The summed E-state index contributed by atoms with van der Waals surface area (Å²) in [6.07, 6.45) is 1.84. The van der Waals surface area contributed by atoms with Crippen molar-refractivity contribution in [2.24, 2.45) is 4.99 Å². The summed E-state index contributed by atoms with van der Waals surface area (Å²) >= 11 is 1.30. The molecule has 43 heavy (non-hydrogen) atoms. The number of thiazole rings is 1. The molecule has 8 heteroatoms. The third-order valence-electron chi connectivity index (χ3n) is 7.13. The molecule has 1 aliphatic rings. The average Bonchev–Trinajstić information content (AvgIpc) is 3.34. The molecule has 0 spiro atoms. The Morgan fingerprint density at radius 2 is 1.65 bits per heavy atom. The molecule has 4 aromatic carbocycles. The number of ether oxygens (including phenoxy) is 2. The van der Waals surface area contributed by atoms with Gasteiger partial charge in [-0.05, 0) is 66.1 Å². The largest absolute Gasteiger partial charge is 0.497 e. The first-order chi connectivity index (χ1) is 21.0. The number of aromatic nitrogens is 1. The minimum Gasteiger partial charge on any atom is -0.497 e. The van der Waals surface area contributed by atoms with Crippen LogP contribution in [0.25, 0.3) is 6.08 Å². The Bertz CT molecular complexity index is 1980. The van der Waals surface area contributed by atoms with E-state index in [2.05, 4.69) is 5.32 Å². The minimum absolute atomic E-state index is 0.224. The van der Waals surface area contributed by atoms with Gasteiger partial charge in [-0.3, -0.25) is 14.2 Å². The number of amides is 1. The molecule has 1 aromatic heterocycles. The van der Waals surface area contributed by atoms with Gasteiger partial charge in [0.2, 0.25) is 0 Å². The molecule has 2 heterocycles. The molecule has 0 radical (unpaired) electrons. The number of fused-ring (bicyclic) bond motifs is 1. The predicted molar refractivity (Wildman–Crippen MR) is 169 cm³/mol. The van der Waals surface area contributed by atoms with Crippen LogP contribution in [-0.2, 0) is 11.4 Å². The molecule has 1 atom stereocenters. The topological polar surface area (TPSA) is 81.9 Å². The minimum atomic E-state index is -0.689. The van der Waals surface area contributed by atoms with E-state index in [0.29, 0.717) is 38.6 Å². The Hall–Kier alpha value is -5.21. The normalized spacial score (nSPS) is 14.6. The first-order valence-corrected chi connectivity index (χ1v) is 14.6. The van der Waals surface area contributed by atoms with Crippen molar-refractivity contribution in [3.05, 3.63) is 157 Å². The Balaban J connectivity index is 1.37. The Morgan fingerprint density at radius 3 is 2.37 bits per heavy atom. The summed E-state index contributed by atoms with van der Waals surface area (Å²) in [5, 5.41) is 2.97. The molecule has 0 fully saturated rings. The van der Waals surface area contributed by atoms with Crippen molar-refractivity contribution in [2.45, 2.75) is 19.6 Å². The molecule has 7 nitrogen and oxygen atoms in total. The maximum atomic E-state index is 14.0. The SMILES string of the molecule is COc1cccc(C2C(C(=O)Nc3ccccc3)=C(C)N=c3sc(=Cc4ccc(OCc5ccccc5)cc4)c(=O)n32)c1. The fourth-order valence-corrected chi connectivity index (χ4v) is 6.06. The molecule has 1 unspecified atom stereocenters. The molecular formula is C35H29N3O4S. The summed E-state index contributed by atoms with van der Waals surface area (Å²) < 4.78 is 13.5. The number of anilines is 1. The number of nitrogens with zero attached hydrogens (tertiary/aromatic N) is 2. The van der Waals surface area contributed by atoms with E-state index < -0.39 is 6.04 Å². The lowest BCUT2D eigenvalue weighted by molar-refractivity contribution is -0.113. The van der Waals surface area contributed by atoms with Crippen LogP contribution in [0.4, 0.5) is 5.69 Å². The van der Waals surface area contributed by atoms with Crippen molar-refractivity contribution >= 4 is 29.0 Å². The molecule has 0 bridgehead atoms. The third-order valence-corrected chi connectivity index (χ3v) is 8.12. The van der Waals surface area contributed by atoms with Crippen LogP contribution in [0.15, 0.2) is 130 Å². The standard InChI is InChI=1S/C35H29N3O4S/c1-23-31(33(39)37-27-13-7-4-8-14-27)32(26-12-9-15-29(21-26)41-2)38-34(40)30(43-35(38)36-23)20-24-16-18-28(19-17-24)42-22-25-10-5-3-6-11-25/h3-21,32H,22H2,1-2H3,(H,37,39). The van der Waals surface area contributed by atoms with Gasteiger partial charge in [0.15, 0.2) is 4.80 Å². The molecule has 1 amide bonds. The first-order valence-electron chi connectivity index (χ1n) is 13.8. The van der Waals surface area contributed by atoms with Gasteiger partial charge in [-0.25, -0.2) is 4.99 Å². The number of carbonyl (C=O) groups excluding carboxylic acids is 1. The van der Waals surface area contributed by atoms with E-state index in [1.165, 1.54) is 11.3 Å². The second kappa shape index (κ2) is 12.3. The molecule has 0 aliphatic carbocycles. The molecule has 214 valence electrons. The van der Waals surface area contributed by atoms with Gasteiger partial charge in [-0.1, -0.05) is 84.1 Å². The number of nitrogens with one attached hydrogen (secondary N) is 1. The van der Waals surface area contributed by atoms with Gasteiger partial charge in [-0.15, -0.1) is 0 Å². The van der Waals surface area contributed by atoms with E-state index in [4.69, 9.17) is 14.5 Å². The van der Waals surface area contributed by atoms with Gasteiger partial charge in [0.1, 0.15) is 18.1 Å². The van der Waals surface area contributed by atoms with Crippen LogP contribution >= 0.6 is 11.3 Å². The number of benzene rings is 4. The summed E-state index contributed by atoms with van der Waals surface area (Å²) in [7, 11) is 1.59. The molecule has 0 saturated heterocycles. The molecule has 6 rings (SSSR count). The zero-order valence-corrected chi connectivity index (χ0v) is 24.5. The second-order valence-corrected chi connectivity index (χ2v) is 11.0. The maximum Gasteiger partial charge on any atom is 0.271 e. The van der Waals surface area contributed by atoms with Gasteiger partial charge in [0.25, 0.3) is 11.5 Å². The van der Waals surface area contributed by atoms with Crippen molar-refractivity contribution in [1.82, 2.24) is 4.57 Å². The van der Waals surface area contributed by atoms with Crippen molar-refractivity contribution in [1.29, 1.82) is 0 Å². The summed E-state index contributed by atoms with van der Waals surface area (Å²) in [4.78, 5) is 33.0. The van der Waals surface area contributed by atoms with Crippen molar-refractivity contribution in [3.63, 3.8) is 0 Å². The molecule has 1 N–H and O–H groups in total. The Morgan fingerprint density at radius 1 is 0.930 bits per heavy atom. The highest BCUT2D eigenvalue weighted by Gasteiger charge is 2.32. The number of methoxy groups -OCH3 is 1. The van der Waals surface area contributed by atoms with E-state index in [0.717, 1.165) is 22.4 Å². The number of allylic oxidation sites excluding steroid dienone is 1. The van der Waals surface area contributed by atoms with Crippen molar-refractivity contribution < 1.29 is 14.3 Å². The van der Waals surface area contributed by atoms with E-state index in [-0.39, 0.29) is 11.5 Å². The lowest BCUT2D eigenvalue weighted by Crippen LogP contribution is -2.40. The molecular weight excluding hydrogens is 558 g/mol. The van der Waals surface area contributed by atoms with Gasteiger partial charge >= 0.3 is 0 Å². The van der Waals surface area contributed by atoms with Gasteiger partial charge in [0.05, 0.1) is 29.0 Å². The van der Waals surface area contributed by atoms with Crippen LogP contribution in [0.5, 0.6) is 11.5 Å². The molecule has 5 aromatic rings. The Labute approximate surface area is 252 Å². The zero-order valence-electron chi connectivity index (χ0n) is 23.7. The predicted octanol–water partition coefficient (Wildman–Crippen LogP) is 5.46. The molecule has 1 aliphatic heterocycles. The van der Waals surface area contributed by atoms with E-state index in [1.807, 2.05) is 115 Å². The third kappa shape index (κ3) is 6.05. The highest BCUT2D eigenvalue weighted by molar-refractivity contribution is 7.07. The summed E-state index contributed by atoms with van der Waals surface area (Å²) in [6, 6.07) is 33.6. The zero-order chi connectivity index (χ0) is 29.8. The van der Waals surface area contributed by atoms with Crippen LogP contribution in [0, 0.1) is 0 Å². The smallest absolute Gasteiger partial charge is 0.271 e. The Kier molecular flexibility index (Phi) is 8.02. The number of para-hydroxylation sites is 1. The second-order valence-electron chi connectivity index (χ2n) is 10.0. The fraction of sp³-hybridized carbons (Fsp3) is 0.114. The highest BCUT2D eigenvalue weighted by Crippen LogP contribution is 2.32. The summed E-state index contributed by atoms with van der Waals surface area (Å²) in [6.45, 7) is 2.28. The lowest BCUT2D eigenvalue weighted by atomic mass is 9.95. The van der Waals surface area contributed by atoms with E-state index in [9.17, 15) is 9.59 Å². The van der Waals surface area contributed by atoms with E-state index >= 15 is 0 Å². The number of carbonyl (C=O) groups is 1. The van der Waals surface area contributed by atoms with Gasteiger partial charge in [-0.2, -0.15) is 0 Å². The van der Waals surface area contributed by atoms with Crippen LogP contribution in [0.3, 0.4) is 0 Å².